The Morgan fingerprint density at radius 2 is 2.06 bits per heavy atom. The summed E-state index contributed by atoms with van der Waals surface area (Å²) < 4.78 is 0. The highest BCUT2D eigenvalue weighted by molar-refractivity contribution is 6.31. The van der Waals surface area contributed by atoms with E-state index in [9.17, 15) is 5.11 Å². The molecule has 0 unspecified atom stereocenters. The number of hydrogen-bond donors (Lipinski definition) is 2. The lowest BCUT2D eigenvalue weighted by molar-refractivity contribution is 0.0185. The molecule has 4 heteroatoms. The van der Waals surface area contributed by atoms with E-state index in [4.69, 9.17) is 11.6 Å². The lowest BCUT2D eigenvalue weighted by Gasteiger charge is -2.39. The topological polar surface area (TPSA) is 35.5 Å². The first-order valence-corrected chi connectivity index (χ1v) is 6.80. The van der Waals surface area contributed by atoms with Gasteiger partial charge in [-0.2, -0.15) is 0 Å². The van der Waals surface area contributed by atoms with Gasteiger partial charge in [0.25, 0.3) is 0 Å². The van der Waals surface area contributed by atoms with Gasteiger partial charge in [0.1, 0.15) is 0 Å². The molecule has 1 aromatic rings. The largest absolute Gasteiger partial charge is 0.388 e. The van der Waals surface area contributed by atoms with Crippen LogP contribution in [0.2, 0.25) is 5.02 Å². The van der Waals surface area contributed by atoms with Gasteiger partial charge in [0, 0.05) is 30.3 Å². The second kappa shape index (κ2) is 5.47. The summed E-state index contributed by atoms with van der Waals surface area (Å²) in [7, 11) is 1.88. The molecule has 3 nitrogen and oxygen atoms in total. The van der Waals surface area contributed by atoms with Gasteiger partial charge in [-0.15, -0.1) is 0 Å². The van der Waals surface area contributed by atoms with Gasteiger partial charge in [-0.25, -0.2) is 0 Å². The summed E-state index contributed by atoms with van der Waals surface area (Å²) in [6.07, 6.45) is 1.58. The lowest BCUT2D eigenvalue weighted by Crippen LogP contribution is -2.49. The van der Waals surface area contributed by atoms with Crippen molar-refractivity contribution in [3.63, 3.8) is 0 Å². The van der Waals surface area contributed by atoms with Crippen molar-refractivity contribution in [1.29, 1.82) is 0 Å². The van der Waals surface area contributed by atoms with E-state index in [0.717, 1.165) is 42.2 Å². The van der Waals surface area contributed by atoms with Crippen LogP contribution in [-0.4, -0.2) is 37.4 Å². The molecule has 0 aromatic heterocycles. The van der Waals surface area contributed by atoms with Crippen LogP contribution in [0.3, 0.4) is 0 Å². The first-order valence-electron chi connectivity index (χ1n) is 6.42. The maximum absolute atomic E-state index is 10.3. The number of anilines is 1. The average Bonchev–Trinajstić information content (AvgIpc) is 2.34. The molecule has 1 heterocycles. The summed E-state index contributed by atoms with van der Waals surface area (Å²) >= 11 is 6.15. The number of aliphatic hydroxyl groups is 1. The predicted molar refractivity (Wildman–Crippen MR) is 76.5 cm³/mol. The minimum absolute atomic E-state index is 0.556. The molecule has 18 heavy (non-hydrogen) atoms. The number of rotatable bonds is 3. The molecule has 0 aliphatic carbocycles. The number of halogens is 1. The Hall–Kier alpha value is -0.770. The van der Waals surface area contributed by atoms with Crippen molar-refractivity contribution in [2.45, 2.75) is 25.4 Å². The summed E-state index contributed by atoms with van der Waals surface area (Å²) in [6.45, 7) is 4.42. The minimum Gasteiger partial charge on any atom is -0.388 e. The molecule has 1 aliphatic heterocycles. The first-order chi connectivity index (χ1) is 8.54. The minimum atomic E-state index is -0.556. The van der Waals surface area contributed by atoms with Crippen LogP contribution in [0.1, 0.15) is 18.4 Å². The normalized spacial score (nSPS) is 19.0. The Balaban J connectivity index is 2.03. The fraction of sp³-hybridized carbons (Fsp3) is 0.571. The Kier molecular flexibility index (Phi) is 4.15. The van der Waals surface area contributed by atoms with Crippen LogP contribution < -0.4 is 10.2 Å². The molecule has 100 valence electrons. The van der Waals surface area contributed by atoms with Crippen molar-refractivity contribution < 1.29 is 5.11 Å². The third-order valence-electron chi connectivity index (χ3n) is 3.72. The maximum atomic E-state index is 10.3. The van der Waals surface area contributed by atoms with Crippen LogP contribution in [0, 0.1) is 6.92 Å². The molecule has 0 atom stereocenters. The molecular formula is C14H21ClN2O. The van der Waals surface area contributed by atoms with Crippen molar-refractivity contribution in [2.75, 3.05) is 31.6 Å². The Morgan fingerprint density at radius 3 is 2.61 bits per heavy atom. The van der Waals surface area contributed by atoms with Crippen molar-refractivity contribution in [2.24, 2.45) is 0 Å². The smallest absolute Gasteiger partial charge is 0.0805 e. The molecule has 0 bridgehead atoms. The van der Waals surface area contributed by atoms with E-state index in [1.54, 1.807) is 0 Å². The van der Waals surface area contributed by atoms with E-state index in [0.29, 0.717) is 6.54 Å². The summed E-state index contributed by atoms with van der Waals surface area (Å²) in [5, 5.41) is 14.2. The number of nitrogens with one attached hydrogen (secondary N) is 1. The van der Waals surface area contributed by atoms with Gasteiger partial charge in [0.15, 0.2) is 0 Å². The molecule has 1 saturated heterocycles. The van der Waals surface area contributed by atoms with E-state index < -0.39 is 5.60 Å². The van der Waals surface area contributed by atoms with Gasteiger partial charge in [-0.3, -0.25) is 0 Å². The summed E-state index contributed by atoms with van der Waals surface area (Å²) in [4.78, 5) is 2.29. The van der Waals surface area contributed by atoms with Gasteiger partial charge in [0.05, 0.1) is 5.60 Å². The van der Waals surface area contributed by atoms with Crippen LogP contribution in [0.15, 0.2) is 18.2 Å². The third kappa shape index (κ3) is 2.97. The predicted octanol–water partition coefficient (Wildman–Crippen LogP) is 2.20. The van der Waals surface area contributed by atoms with E-state index in [1.807, 2.05) is 26.1 Å². The van der Waals surface area contributed by atoms with Gasteiger partial charge in [-0.05, 0) is 44.5 Å². The zero-order valence-corrected chi connectivity index (χ0v) is 11.8. The molecule has 0 spiro atoms. The molecule has 1 fully saturated rings. The van der Waals surface area contributed by atoms with Gasteiger partial charge >= 0.3 is 0 Å². The van der Waals surface area contributed by atoms with Crippen molar-refractivity contribution >= 4 is 17.3 Å². The van der Waals surface area contributed by atoms with Crippen molar-refractivity contribution in [3.8, 4) is 0 Å². The second-order valence-corrected chi connectivity index (χ2v) is 5.58. The van der Waals surface area contributed by atoms with E-state index >= 15 is 0 Å². The molecule has 0 radical (unpaired) electrons. The number of nitrogens with zero attached hydrogens (tertiary/aromatic N) is 1. The van der Waals surface area contributed by atoms with Gasteiger partial charge in [0.2, 0.25) is 0 Å². The van der Waals surface area contributed by atoms with E-state index in [-0.39, 0.29) is 0 Å². The van der Waals surface area contributed by atoms with Gasteiger partial charge < -0.3 is 15.3 Å². The molecule has 2 rings (SSSR count). The van der Waals surface area contributed by atoms with Crippen molar-refractivity contribution in [1.82, 2.24) is 5.32 Å². The second-order valence-electron chi connectivity index (χ2n) is 5.18. The number of benzene rings is 1. The highest BCUT2D eigenvalue weighted by atomic mass is 35.5. The lowest BCUT2D eigenvalue weighted by atomic mass is 9.91. The quantitative estimate of drug-likeness (QED) is 0.882. The summed E-state index contributed by atoms with van der Waals surface area (Å²) in [5.41, 5.74) is 1.70. The van der Waals surface area contributed by atoms with E-state index in [1.165, 1.54) is 0 Å². The Labute approximate surface area is 114 Å². The zero-order chi connectivity index (χ0) is 13.2. The number of aryl methyl sites for hydroxylation is 1. The first kappa shape index (κ1) is 13.7. The van der Waals surface area contributed by atoms with Crippen LogP contribution in [0.5, 0.6) is 0 Å². The number of likely N-dealkylation sites (N-methyl/N-ethyl adjacent to an activating group) is 1. The third-order valence-corrected chi connectivity index (χ3v) is 4.13. The Morgan fingerprint density at radius 1 is 1.39 bits per heavy atom. The average molecular weight is 269 g/mol. The standard InChI is InChI=1S/C14H21ClN2O/c1-11-3-4-12(9-13(11)15)17-7-5-14(18,6-8-17)10-16-2/h3-4,9,16,18H,5-8,10H2,1-2H3. The SMILES string of the molecule is CNCC1(O)CCN(c2ccc(C)c(Cl)c2)CC1. The number of hydrogen-bond acceptors (Lipinski definition) is 3. The van der Waals surface area contributed by atoms with E-state index in [2.05, 4.69) is 16.3 Å². The van der Waals surface area contributed by atoms with Crippen LogP contribution in [0.4, 0.5) is 5.69 Å². The highest BCUT2D eigenvalue weighted by Gasteiger charge is 2.31. The number of piperidine rings is 1. The molecule has 1 aromatic carbocycles. The van der Waals surface area contributed by atoms with Crippen LogP contribution in [0.25, 0.3) is 0 Å². The molecule has 0 amide bonds. The fourth-order valence-corrected chi connectivity index (χ4v) is 2.64. The summed E-state index contributed by atoms with van der Waals surface area (Å²) in [6, 6.07) is 6.16. The van der Waals surface area contributed by atoms with Crippen LogP contribution in [-0.2, 0) is 0 Å². The maximum Gasteiger partial charge on any atom is 0.0805 e. The van der Waals surface area contributed by atoms with Gasteiger partial charge in [-0.1, -0.05) is 17.7 Å². The highest BCUT2D eigenvalue weighted by Crippen LogP contribution is 2.28. The molecule has 2 N–H and O–H groups in total. The zero-order valence-electron chi connectivity index (χ0n) is 11.0. The summed E-state index contributed by atoms with van der Waals surface area (Å²) in [5.74, 6) is 0. The monoisotopic (exact) mass is 268 g/mol. The Bertz CT molecular complexity index is 414. The molecule has 1 aliphatic rings. The van der Waals surface area contributed by atoms with Crippen LogP contribution >= 0.6 is 11.6 Å². The molecule has 0 saturated carbocycles. The fourth-order valence-electron chi connectivity index (χ4n) is 2.47. The molecular weight excluding hydrogens is 248 g/mol. The van der Waals surface area contributed by atoms with Crippen molar-refractivity contribution in [3.05, 3.63) is 28.8 Å².